The van der Waals surface area contributed by atoms with Crippen molar-refractivity contribution in [2.45, 2.75) is 45.1 Å². The average molecular weight is 458 g/mol. The van der Waals surface area contributed by atoms with Crippen LogP contribution in [0.4, 0.5) is 0 Å². The van der Waals surface area contributed by atoms with Crippen LogP contribution in [0.2, 0.25) is 0 Å². The van der Waals surface area contributed by atoms with Gasteiger partial charge in [-0.1, -0.05) is 52.0 Å². The molecule has 1 saturated heterocycles. The minimum atomic E-state index is -3.55. The molecule has 6 nitrogen and oxygen atoms in total. The van der Waals surface area contributed by atoms with Crippen LogP contribution in [0.15, 0.2) is 53.4 Å². The molecular weight excluding hydrogens is 422 g/mol. The summed E-state index contributed by atoms with van der Waals surface area (Å²) in [6, 6.07) is 14.9. The number of carbonyl (C=O) groups excluding carboxylic acids is 1. The van der Waals surface area contributed by atoms with E-state index in [1.165, 1.54) is 9.87 Å². The summed E-state index contributed by atoms with van der Waals surface area (Å²) in [7, 11) is -3.55. The van der Waals surface area contributed by atoms with E-state index in [-0.39, 0.29) is 5.91 Å². The molecule has 0 spiro atoms. The molecule has 174 valence electrons. The molecule has 0 saturated carbocycles. The highest BCUT2D eigenvalue weighted by Crippen LogP contribution is 2.22. The van der Waals surface area contributed by atoms with Crippen molar-refractivity contribution < 1.29 is 13.2 Å². The summed E-state index contributed by atoms with van der Waals surface area (Å²) in [4.78, 5) is 17.3. The first kappa shape index (κ1) is 24.4. The fourth-order valence-electron chi connectivity index (χ4n) is 3.95. The lowest BCUT2D eigenvalue weighted by molar-refractivity contribution is 0.0698. The molecular formula is C25H35N3O3S. The van der Waals surface area contributed by atoms with Crippen LogP contribution < -0.4 is 0 Å². The Morgan fingerprint density at radius 2 is 1.47 bits per heavy atom. The van der Waals surface area contributed by atoms with Crippen LogP contribution in [0.3, 0.4) is 0 Å². The molecule has 1 fully saturated rings. The summed E-state index contributed by atoms with van der Waals surface area (Å²) in [5.74, 6) is 0.310. The Morgan fingerprint density at radius 1 is 0.906 bits per heavy atom. The van der Waals surface area contributed by atoms with E-state index < -0.39 is 10.0 Å². The summed E-state index contributed by atoms with van der Waals surface area (Å²) in [5.41, 5.74) is 2.95. The first-order valence-electron chi connectivity index (χ1n) is 11.5. The van der Waals surface area contributed by atoms with E-state index in [4.69, 9.17) is 0 Å². The molecule has 0 atom stereocenters. The molecule has 1 aliphatic rings. The second-order valence-corrected chi connectivity index (χ2v) is 10.5. The molecule has 0 aromatic heterocycles. The maximum atomic E-state index is 13.0. The van der Waals surface area contributed by atoms with Crippen molar-refractivity contribution in [3.05, 3.63) is 65.2 Å². The molecule has 0 N–H and O–H groups in total. The molecule has 3 rings (SSSR count). The lowest BCUT2D eigenvalue weighted by atomic mass is 10.0. The number of rotatable bonds is 8. The molecule has 0 aliphatic carbocycles. The van der Waals surface area contributed by atoms with Gasteiger partial charge in [-0.3, -0.25) is 9.69 Å². The van der Waals surface area contributed by atoms with Crippen LogP contribution >= 0.6 is 0 Å². The lowest BCUT2D eigenvalue weighted by Crippen LogP contribution is -2.50. The topological polar surface area (TPSA) is 60.9 Å². The van der Waals surface area contributed by atoms with Gasteiger partial charge in [0.2, 0.25) is 10.0 Å². The number of carbonyl (C=O) groups is 1. The van der Waals surface area contributed by atoms with Crippen LogP contribution in [0, 0.1) is 0 Å². The van der Waals surface area contributed by atoms with Crippen molar-refractivity contribution in [2.24, 2.45) is 0 Å². The molecule has 0 unspecified atom stereocenters. The Morgan fingerprint density at radius 3 is 1.97 bits per heavy atom. The van der Waals surface area contributed by atoms with Gasteiger partial charge >= 0.3 is 0 Å². The highest BCUT2D eigenvalue weighted by Gasteiger charge is 2.30. The number of hydrogen-bond donors (Lipinski definition) is 0. The Hall–Kier alpha value is -2.22. The van der Waals surface area contributed by atoms with Gasteiger partial charge in [-0.05, 0) is 54.4 Å². The van der Waals surface area contributed by atoms with E-state index in [0.29, 0.717) is 42.6 Å². The molecule has 1 aliphatic heterocycles. The fraction of sp³-hybridized carbons (Fsp3) is 0.480. The van der Waals surface area contributed by atoms with Gasteiger partial charge in [0, 0.05) is 38.3 Å². The van der Waals surface area contributed by atoms with Crippen LogP contribution in [-0.4, -0.2) is 67.7 Å². The first-order chi connectivity index (χ1) is 15.3. The zero-order chi connectivity index (χ0) is 23.3. The predicted molar refractivity (Wildman–Crippen MR) is 128 cm³/mol. The zero-order valence-corrected chi connectivity index (χ0v) is 20.4. The maximum absolute atomic E-state index is 13.0. The Labute approximate surface area is 192 Å². The minimum absolute atomic E-state index is 0.0438. The molecule has 2 aromatic carbocycles. The van der Waals surface area contributed by atoms with E-state index in [9.17, 15) is 13.2 Å². The highest BCUT2D eigenvalue weighted by atomic mass is 32.2. The van der Waals surface area contributed by atoms with Crippen molar-refractivity contribution in [2.75, 3.05) is 39.3 Å². The Balaban J connectivity index is 1.60. The standard InChI is InChI=1S/C25H35N3O3S/c1-5-26(6-2)19-21-7-9-23(10-8-21)25(29)27-15-17-28(18-16-27)32(30,31)24-13-11-22(12-14-24)20(3)4/h7-14,20H,5-6,15-19H2,1-4H3. The normalized spacial score (nSPS) is 15.5. The Bertz CT molecular complexity index is 990. The Kier molecular flexibility index (Phi) is 8.09. The lowest BCUT2D eigenvalue weighted by Gasteiger charge is -2.34. The van der Waals surface area contributed by atoms with Gasteiger partial charge in [0.05, 0.1) is 4.90 Å². The fourth-order valence-corrected chi connectivity index (χ4v) is 5.37. The van der Waals surface area contributed by atoms with Gasteiger partial charge in [-0.15, -0.1) is 0 Å². The molecule has 1 heterocycles. The number of benzene rings is 2. The summed E-state index contributed by atoms with van der Waals surface area (Å²) in [6.45, 7) is 12.7. The third kappa shape index (κ3) is 5.57. The number of nitrogens with zero attached hydrogens (tertiary/aromatic N) is 3. The van der Waals surface area contributed by atoms with E-state index in [1.807, 2.05) is 36.4 Å². The van der Waals surface area contributed by atoms with E-state index in [2.05, 4.69) is 32.6 Å². The SMILES string of the molecule is CCN(CC)Cc1ccc(C(=O)N2CCN(S(=O)(=O)c3ccc(C(C)C)cc3)CC2)cc1. The van der Waals surface area contributed by atoms with Crippen molar-refractivity contribution in [1.29, 1.82) is 0 Å². The summed E-state index contributed by atoms with van der Waals surface area (Å²) < 4.78 is 27.5. The predicted octanol–water partition coefficient (Wildman–Crippen LogP) is 3.80. The van der Waals surface area contributed by atoms with Gasteiger partial charge < -0.3 is 4.90 Å². The van der Waals surface area contributed by atoms with Crippen LogP contribution in [0.1, 0.15) is 55.1 Å². The number of amides is 1. The molecule has 1 amide bonds. The van der Waals surface area contributed by atoms with E-state index in [1.54, 1.807) is 17.0 Å². The van der Waals surface area contributed by atoms with E-state index in [0.717, 1.165) is 25.2 Å². The molecule has 0 bridgehead atoms. The quantitative estimate of drug-likeness (QED) is 0.605. The van der Waals surface area contributed by atoms with Gasteiger partial charge in [-0.2, -0.15) is 4.31 Å². The van der Waals surface area contributed by atoms with Crippen molar-refractivity contribution in [3.63, 3.8) is 0 Å². The second kappa shape index (κ2) is 10.6. The van der Waals surface area contributed by atoms with Crippen LogP contribution in [0.5, 0.6) is 0 Å². The van der Waals surface area contributed by atoms with Gasteiger partial charge in [0.15, 0.2) is 0 Å². The van der Waals surface area contributed by atoms with E-state index >= 15 is 0 Å². The van der Waals surface area contributed by atoms with Gasteiger partial charge in [0.1, 0.15) is 0 Å². The number of sulfonamides is 1. The van der Waals surface area contributed by atoms with Crippen LogP contribution in [-0.2, 0) is 16.6 Å². The second-order valence-electron chi connectivity index (χ2n) is 8.58. The van der Waals surface area contributed by atoms with Gasteiger partial charge in [0.25, 0.3) is 5.91 Å². The maximum Gasteiger partial charge on any atom is 0.253 e. The first-order valence-corrected chi connectivity index (χ1v) is 12.9. The molecule has 2 aromatic rings. The molecule has 32 heavy (non-hydrogen) atoms. The highest BCUT2D eigenvalue weighted by molar-refractivity contribution is 7.89. The smallest absolute Gasteiger partial charge is 0.253 e. The zero-order valence-electron chi connectivity index (χ0n) is 19.6. The van der Waals surface area contributed by atoms with Crippen LogP contribution in [0.25, 0.3) is 0 Å². The van der Waals surface area contributed by atoms with Crippen molar-refractivity contribution >= 4 is 15.9 Å². The summed E-state index contributed by atoms with van der Waals surface area (Å²) in [6.07, 6.45) is 0. The van der Waals surface area contributed by atoms with Gasteiger partial charge in [-0.25, -0.2) is 8.42 Å². The minimum Gasteiger partial charge on any atom is -0.336 e. The van der Waals surface area contributed by atoms with Crippen molar-refractivity contribution in [1.82, 2.24) is 14.1 Å². The molecule has 0 radical (unpaired) electrons. The monoisotopic (exact) mass is 457 g/mol. The summed E-state index contributed by atoms with van der Waals surface area (Å²) in [5, 5.41) is 0. The third-order valence-corrected chi connectivity index (χ3v) is 8.12. The largest absolute Gasteiger partial charge is 0.336 e. The summed E-state index contributed by atoms with van der Waals surface area (Å²) >= 11 is 0. The third-order valence-electron chi connectivity index (χ3n) is 6.21. The average Bonchev–Trinajstić information content (AvgIpc) is 2.82. The molecule has 7 heteroatoms. The van der Waals surface area contributed by atoms with Crippen molar-refractivity contribution in [3.8, 4) is 0 Å². The number of piperazine rings is 1. The number of hydrogen-bond acceptors (Lipinski definition) is 4.